The van der Waals surface area contributed by atoms with Gasteiger partial charge in [0.1, 0.15) is 11.7 Å². The lowest BCUT2D eigenvalue weighted by Crippen LogP contribution is -2.58. The van der Waals surface area contributed by atoms with Crippen molar-refractivity contribution in [3.63, 3.8) is 0 Å². The molecule has 0 aromatic rings. The van der Waals surface area contributed by atoms with Gasteiger partial charge in [-0.3, -0.25) is 9.59 Å². The summed E-state index contributed by atoms with van der Waals surface area (Å²) >= 11 is 0. The zero-order chi connectivity index (χ0) is 19.6. The number of hydrogen-bond donors (Lipinski definition) is 1. The molecule has 4 fully saturated rings. The van der Waals surface area contributed by atoms with Gasteiger partial charge in [0.25, 0.3) is 0 Å². The van der Waals surface area contributed by atoms with Crippen LogP contribution < -0.4 is 0 Å². The molecule has 0 aliphatic heterocycles. The fraction of sp³-hybridized carbons (Fsp3) is 0.913. The van der Waals surface area contributed by atoms with Gasteiger partial charge in [0, 0.05) is 12.3 Å². The van der Waals surface area contributed by atoms with Gasteiger partial charge in [-0.1, -0.05) is 13.8 Å². The van der Waals surface area contributed by atoms with E-state index in [1.165, 1.54) is 19.8 Å². The van der Waals surface area contributed by atoms with E-state index in [2.05, 4.69) is 13.8 Å². The Morgan fingerprint density at radius 2 is 1.63 bits per heavy atom. The number of hydrogen-bond acceptors (Lipinski definition) is 4. The molecule has 0 radical (unpaired) electrons. The number of aliphatic hydroxyl groups is 1. The first-order valence-electron chi connectivity index (χ1n) is 11.0. The highest BCUT2D eigenvalue weighted by molar-refractivity contribution is 5.86. The van der Waals surface area contributed by atoms with E-state index in [1.54, 1.807) is 6.92 Å². The largest absolute Gasteiger partial charge is 0.463 e. The Kier molecular flexibility index (Phi) is 4.53. The van der Waals surface area contributed by atoms with E-state index in [4.69, 9.17) is 4.74 Å². The number of esters is 1. The van der Waals surface area contributed by atoms with Crippen LogP contribution in [-0.4, -0.2) is 28.6 Å². The van der Waals surface area contributed by atoms with E-state index in [1.807, 2.05) is 0 Å². The molecule has 0 aromatic heterocycles. The van der Waals surface area contributed by atoms with Crippen molar-refractivity contribution in [2.24, 2.45) is 34.5 Å². The molecule has 27 heavy (non-hydrogen) atoms. The highest BCUT2D eigenvalue weighted by Crippen LogP contribution is 2.68. The Labute approximate surface area is 163 Å². The van der Waals surface area contributed by atoms with E-state index in [0.717, 1.165) is 38.5 Å². The minimum absolute atomic E-state index is 0.0345. The molecule has 4 aliphatic rings. The van der Waals surface area contributed by atoms with Gasteiger partial charge >= 0.3 is 5.97 Å². The third-order valence-electron chi connectivity index (χ3n) is 9.68. The second kappa shape index (κ2) is 6.30. The zero-order valence-electron chi connectivity index (χ0n) is 17.4. The second-order valence-electron chi connectivity index (χ2n) is 10.6. The highest BCUT2D eigenvalue weighted by atomic mass is 16.5. The molecular formula is C23H36O4. The summed E-state index contributed by atoms with van der Waals surface area (Å²) in [5.41, 5.74) is -1.05. The van der Waals surface area contributed by atoms with Crippen LogP contribution in [-0.2, 0) is 14.3 Å². The molecule has 0 aromatic carbocycles. The Morgan fingerprint density at radius 3 is 2.30 bits per heavy atom. The van der Waals surface area contributed by atoms with E-state index >= 15 is 0 Å². The van der Waals surface area contributed by atoms with Crippen LogP contribution in [0.5, 0.6) is 0 Å². The van der Waals surface area contributed by atoms with Crippen LogP contribution in [0, 0.1) is 34.5 Å². The molecule has 4 rings (SSSR count). The average molecular weight is 377 g/mol. The number of carbonyl (C=O) groups excluding carboxylic acids is 2. The Hall–Kier alpha value is -0.900. The number of ketones is 1. The maximum absolute atomic E-state index is 12.3. The quantitative estimate of drug-likeness (QED) is 0.731. The van der Waals surface area contributed by atoms with Gasteiger partial charge in [-0.05, 0) is 93.8 Å². The minimum Gasteiger partial charge on any atom is -0.463 e. The summed E-state index contributed by atoms with van der Waals surface area (Å²) in [4.78, 5) is 23.7. The van der Waals surface area contributed by atoms with Crippen molar-refractivity contribution in [3.05, 3.63) is 0 Å². The Morgan fingerprint density at radius 1 is 0.926 bits per heavy atom. The highest BCUT2D eigenvalue weighted by Gasteiger charge is 2.66. The van der Waals surface area contributed by atoms with Crippen molar-refractivity contribution >= 4 is 11.8 Å². The summed E-state index contributed by atoms with van der Waals surface area (Å²) in [7, 11) is 0. The molecule has 1 N–H and O–H groups in total. The van der Waals surface area contributed by atoms with Crippen molar-refractivity contribution in [2.75, 3.05) is 0 Å². The van der Waals surface area contributed by atoms with Gasteiger partial charge in [-0.25, -0.2) is 0 Å². The lowest BCUT2D eigenvalue weighted by molar-refractivity contribution is -0.175. The van der Waals surface area contributed by atoms with Gasteiger partial charge in [-0.2, -0.15) is 0 Å². The topological polar surface area (TPSA) is 63.6 Å². The van der Waals surface area contributed by atoms with Crippen molar-refractivity contribution < 1.29 is 19.4 Å². The second-order valence-corrected chi connectivity index (χ2v) is 10.6. The Bertz CT molecular complexity index is 644. The molecule has 8 atom stereocenters. The van der Waals surface area contributed by atoms with Gasteiger partial charge in [0.2, 0.25) is 0 Å². The molecule has 0 amide bonds. The van der Waals surface area contributed by atoms with Crippen molar-refractivity contribution in [1.29, 1.82) is 0 Å². The molecule has 0 heterocycles. The summed E-state index contributed by atoms with van der Waals surface area (Å²) in [6, 6.07) is 0. The van der Waals surface area contributed by atoms with Crippen LogP contribution >= 0.6 is 0 Å². The molecule has 0 bridgehead atoms. The van der Waals surface area contributed by atoms with Crippen LogP contribution in [0.2, 0.25) is 0 Å². The van der Waals surface area contributed by atoms with Crippen LogP contribution in [0.25, 0.3) is 0 Å². The third kappa shape index (κ3) is 2.65. The third-order valence-corrected chi connectivity index (χ3v) is 9.68. The summed E-state index contributed by atoms with van der Waals surface area (Å²) in [6.45, 7) is 7.76. The lowest BCUT2D eigenvalue weighted by Gasteiger charge is -2.61. The molecule has 152 valence electrons. The van der Waals surface area contributed by atoms with Gasteiger partial charge in [0.15, 0.2) is 5.78 Å². The predicted octanol–water partition coefficient (Wildman–Crippen LogP) is 4.28. The molecule has 4 aliphatic carbocycles. The zero-order valence-corrected chi connectivity index (χ0v) is 17.4. The van der Waals surface area contributed by atoms with Crippen LogP contribution in [0.1, 0.15) is 85.5 Å². The number of carbonyl (C=O) groups is 2. The van der Waals surface area contributed by atoms with Gasteiger partial charge in [-0.15, -0.1) is 0 Å². The van der Waals surface area contributed by atoms with Crippen LogP contribution in [0.15, 0.2) is 0 Å². The van der Waals surface area contributed by atoms with Crippen molar-refractivity contribution in [3.8, 4) is 0 Å². The molecule has 4 saturated carbocycles. The van der Waals surface area contributed by atoms with Crippen LogP contribution in [0.4, 0.5) is 0 Å². The summed E-state index contributed by atoms with van der Waals surface area (Å²) in [6.07, 6.45) is 9.34. The summed E-state index contributed by atoms with van der Waals surface area (Å²) < 4.78 is 5.55. The molecule has 4 heteroatoms. The summed E-state index contributed by atoms with van der Waals surface area (Å²) in [5, 5.41) is 11.2. The standard InChI is InChI=1S/C23H36O4/c1-14(24)23(26)12-9-20-18-6-5-16-13-17(27-15(2)25)7-10-21(16,3)19(18)8-11-22(20,23)4/h16-20,26H,5-13H2,1-4H3/t16-,17+,18-,19+,20+,21-,22+,23+/m0/s1. The fourth-order valence-corrected chi connectivity index (χ4v) is 8.15. The van der Waals surface area contributed by atoms with Crippen molar-refractivity contribution in [2.45, 2.75) is 97.2 Å². The Balaban J connectivity index is 1.56. The normalized spacial score (nSPS) is 51.7. The first-order valence-corrected chi connectivity index (χ1v) is 11.0. The minimum atomic E-state index is -1.12. The maximum Gasteiger partial charge on any atom is 0.302 e. The van der Waals surface area contributed by atoms with Gasteiger partial charge in [0.05, 0.1) is 0 Å². The molecule has 4 nitrogen and oxygen atoms in total. The number of fused-ring (bicyclic) bond motifs is 5. The molecule has 0 unspecified atom stereocenters. The first-order chi connectivity index (χ1) is 12.6. The molecular weight excluding hydrogens is 340 g/mol. The fourth-order valence-electron chi connectivity index (χ4n) is 8.15. The summed E-state index contributed by atoms with van der Waals surface area (Å²) in [5.74, 6) is 2.22. The van der Waals surface area contributed by atoms with E-state index < -0.39 is 5.60 Å². The average Bonchev–Trinajstić information content (AvgIpc) is 2.87. The number of ether oxygens (including phenoxy) is 1. The van der Waals surface area contributed by atoms with Crippen molar-refractivity contribution in [1.82, 2.24) is 0 Å². The van der Waals surface area contributed by atoms with E-state index in [-0.39, 0.29) is 23.3 Å². The molecule has 0 saturated heterocycles. The number of rotatable bonds is 2. The van der Waals surface area contributed by atoms with E-state index in [9.17, 15) is 14.7 Å². The number of Topliss-reactive ketones (excluding diaryl/α,β-unsaturated/α-hetero) is 1. The van der Waals surface area contributed by atoms with Gasteiger partial charge < -0.3 is 9.84 Å². The lowest BCUT2D eigenvalue weighted by atomic mass is 9.44. The van der Waals surface area contributed by atoms with Crippen LogP contribution in [0.3, 0.4) is 0 Å². The SMILES string of the molecule is CC(=O)O[C@@H]1CC[C@@]2(C)[C@@H](CC[C@H]3[C@H]2CC[C@]2(C)[C@@H]3CC[C@@]2(O)C(C)=O)C1. The smallest absolute Gasteiger partial charge is 0.302 e. The maximum atomic E-state index is 12.3. The van der Waals surface area contributed by atoms with E-state index in [0.29, 0.717) is 35.5 Å². The predicted molar refractivity (Wildman–Crippen MR) is 103 cm³/mol. The molecule has 0 spiro atoms. The monoisotopic (exact) mass is 376 g/mol. The first kappa shape index (κ1) is 19.4.